The molecule has 0 aliphatic heterocycles. The van der Waals surface area contributed by atoms with Gasteiger partial charge in [-0.05, 0) is 36.2 Å². The molecular formula is C14H11ClFNO. The Morgan fingerprint density at radius 3 is 2.83 bits per heavy atom. The number of aryl methyl sites for hydroxylation is 1. The van der Waals surface area contributed by atoms with Gasteiger partial charge in [0.15, 0.2) is 5.78 Å². The lowest BCUT2D eigenvalue weighted by Crippen LogP contribution is -2.06. The van der Waals surface area contributed by atoms with E-state index >= 15 is 0 Å². The number of nitrogens with zero attached hydrogens (tertiary/aromatic N) is 1. The van der Waals surface area contributed by atoms with Crippen LogP contribution >= 0.6 is 11.6 Å². The fourth-order valence-electron chi connectivity index (χ4n) is 1.69. The first-order valence-corrected chi connectivity index (χ1v) is 5.83. The zero-order chi connectivity index (χ0) is 13.1. The summed E-state index contributed by atoms with van der Waals surface area (Å²) in [6.45, 7) is 1.85. The number of halogens is 2. The summed E-state index contributed by atoms with van der Waals surface area (Å²) in [5, 5.41) is 0.0307. The maximum Gasteiger partial charge on any atom is 0.169 e. The fraction of sp³-hybridized carbons (Fsp3) is 0.143. The van der Waals surface area contributed by atoms with Crippen LogP contribution in [-0.2, 0) is 6.42 Å². The van der Waals surface area contributed by atoms with Crippen molar-refractivity contribution >= 4 is 17.4 Å². The third-order valence-electron chi connectivity index (χ3n) is 2.69. The second kappa shape index (κ2) is 5.27. The summed E-state index contributed by atoms with van der Waals surface area (Å²) in [7, 11) is 0. The Bertz CT molecular complexity index is 598. The largest absolute Gasteiger partial charge is 0.294 e. The number of carbonyl (C=O) groups excluding carboxylic acids is 1. The number of rotatable bonds is 3. The van der Waals surface area contributed by atoms with E-state index in [1.165, 1.54) is 12.1 Å². The molecule has 0 saturated heterocycles. The molecule has 2 rings (SSSR count). The van der Waals surface area contributed by atoms with Gasteiger partial charge in [0.05, 0.1) is 5.02 Å². The van der Waals surface area contributed by atoms with Crippen LogP contribution in [0.2, 0.25) is 5.02 Å². The standard InChI is InChI=1S/C14H11ClFNO/c1-9-4-5-17-8-11(9)14(18)7-10-2-3-13(16)12(15)6-10/h2-6,8H,7H2,1H3. The van der Waals surface area contributed by atoms with Gasteiger partial charge in [0, 0.05) is 24.4 Å². The summed E-state index contributed by atoms with van der Waals surface area (Å²) >= 11 is 5.68. The molecule has 0 spiro atoms. The van der Waals surface area contributed by atoms with Crippen LogP contribution in [0.15, 0.2) is 36.7 Å². The highest BCUT2D eigenvalue weighted by Crippen LogP contribution is 2.18. The summed E-state index contributed by atoms with van der Waals surface area (Å²) < 4.78 is 13.0. The minimum atomic E-state index is -0.481. The van der Waals surface area contributed by atoms with Gasteiger partial charge in [-0.2, -0.15) is 0 Å². The molecule has 0 aliphatic carbocycles. The maximum absolute atomic E-state index is 13.0. The Balaban J connectivity index is 2.22. The van der Waals surface area contributed by atoms with Gasteiger partial charge in [0.2, 0.25) is 0 Å². The van der Waals surface area contributed by atoms with Crippen molar-refractivity contribution in [3.8, 4) is 0 Å². The van der Waals surface area contributed by atoms with E-state index in [1.807, 2.05) is 6.92 Å². The molecule has 2 aromatic rings. The van der Waals surface area contributed by atoms with E-state index in [0.717, 1.165) is 5.56 Å². The average Bonchev–Trinajstić information content (AvgIpc) is 2.34. The lowest BCUT2D eigenvalue weighted by molar-refractivity contribution is 0.0992. The molecular weight excluding hydrogens is 253 g/mol. The number of pyridine rings is 1. The minimum absolute atomic E-state index is 0.0307. The lowest BCUT2D eigenvalue weighted by atomic mass is 10.0. The van der Waals surface area contributed by atoms with Crippen LogP contribution in [0, 0.1) is 12.7 Å². The van der Waals surface area contributed by atoms with Crippen molar-refractivity contribution < 1.29 is 9.18 Å². The van der Waals surface area contributed by atoms with Gasteiger partial charge < -0.3 is 0 Å². The third-order valence-corrected chi connectivity index (χ3v) is 2.98. The highest BCUT2D eigenvalue weighted by molar-refractivity contribution is 6.30. The van der Waals surface area contributed by atoms with Crippen molar-refractivity contribution in [1.82, 2.24) is 4.98 Å². The van der Waals surface area contributed by atoms with E-state index < -0.39 is 5.82 Å². The quantitative estimate of drug-likeness (QED) is 0.792. The van der Waals surface area contributed by atoms with Crippen molar-refractivity contribution in [2.24, 2.45) is 0 Å². The number of hydrogen-bond donors (Lipinski definition) is 0. The van der Waals surface area contributed by atoms with Gasteiger partial charge in [-0.3, -0.25) is 9.78 Å². The van der Waals surface area contributed by atoms with Crippen LogP contribution in [0.5, 0.6) is 0 Å². The second-order valence-corrected chi connectivity index (χ2v) is 4.45. The summed E-state index contributed by atoms with van der Waals surface area (Å²) in [6.07, 6.45) is 3.37. The number of carbonyl (C=O) groups is 1. The van der Waals surface area contributed by atoms with Crippen LogP contribution in [0.1, 0.15) is 21.5 Å². The molecule has 0 unspecified atom stereocenters. The van der Waals surface area contributed by atoms with E-state index in [-0.39, 0.29) is 17.2 Å². The number of ketones is 1. The second-order valence-electron chi connectivity index (χ2n) is 4.04. The zero-order valence-corrected chi connectivity index (χ0v) is 10.5. The fourth-order valence-corrected chi connectivity index (χ4v) is 1.89. The van der Waals surface area contributed by atoms with Gasteiger partial charge in [0.1, 0.15) is 5.82 Å². The van der Waals surface area contributed by atoms with Gasteiger partial charge in [-0.15, -0.1) is 0 Å². The average molecular weight is 264 g/mol. The molecule has 1 heterocycles. The van der Waals surface area contributed by atoms with Crippen molar-refractivity contribution in [2.45, 2.75) is 13.3 Å². The summed E-state index contributed by atoms with van der Waals surface area (Å²) in [6, 6.07) is 6.08. The van der Waals surface area contributed by atoms with Gasteiger partial charge in [-0.1, -0.05) is 17.7 Å². The Kier molecular flexibility index (Phi) is 3.72. The molecule has 0 amide bonds. The van der Waals surface area contributed by atoms with E-state index in [2.05, 4.69) is 4.98 Å². The predicted molar refractivity (Wildman–Crippen MR) is 68.4 cm³/mol. The summed E-state index contributed by atoms with van der Waals surface area (Å²) in [5.74, 6) is -0.534. The van der Waals surface area contributed by atoms with Gasteiger partial charge >= 0.3 is 0 Å². The topological polar surface area (TPSA) is 30.0 Å². The highest BCUT2D eigenvalue weighted by Gasteiger charge is 2.11. The molecule has 2 nitrogen and oxygen atoms in total. The summed E-state index contributed by atoms with van der Waals surface area (Å²) in [5.41, 5.74) is 2.15. The first-order chi connectivity index (χ1) is 8.58. The van der Waals surface area contributed by atoms with Crippen molar-refractivity contribution in [3.05, 3.63) is 64.2 Å². The predicted octanol–water partition coefficient (Wildman–Crippen LogP) is 3.61. The number of hydrogen-bond acceptors (Lipinski definition) is 2. The van der Waals surface area contributed by atoms with Crippen molar-refractivity contribution in [2.75, 3.05) is 0 Å². The van der Waals surface area contributed by atoms with Gasteiger partial charge in [0.25, 0.3) is 0 Å². The Morgan fingerprint density at radius 2 is 2.17 bits per heavy atom. The van der Waals surface area contributed by atoms with Crippen LogP contribution < -0.4 is 0 Å². The lowest BCUT2D eigenvalue weighted by Gasteiger charge is -2.05. The number of aromatic nitrogens is 1. The van der Waals surface area contributed by atoms with Gasteiger partial charge in [-0.25, -0.2) is 4.39 Å². The maximum atomic E-state index is 13.0. The summed E-state index contributed by atoms with van der Waals surface area (Å²) in [4.78, 5) is 16.0. The van der Waals surface area contributed by atoms with E-state index in [0.29, 0.717) is 11.1 Å². The zero-order valence-electron chi connectivity index (χ0n) is 9.78. The van der Waals surface area contributed by atoms with Crippen molar-refractivity contribution in [1.29, 1.82) is 0 Å². The SMILES string of the molecule is Cc1ccncc1C(=O)Cc1ccc(F)c(Cl)c1. The van der Waals surface area contributed by atoms with E-state index in [4.69, 9.17) is 11.6 Å². The molecule has 0 bridgehead atoms. The molecule has 0 atom stereocenters. The Hall–Kier alpha value is -1.74. The molecule has 0 radical (unpaired) electrons. The third kappa shape index (κ3) is 2.74. The van der Waals surface area contributed by atoms with Crippen LogP contribution in [-0.4, -0.2) is 10.8 Å². The normalized spacial score (nSPS) is 10.4. The smallest absolute Gasteiger partial charge is 0.169 e. The monoisotopic (exact) mass is 263 g/mol. The molecule has 0 N–H and O–H groups in total. The molecule has 1 aromatic heterocycles. The molecule has 1 aromatic carbocycles. The first-order valence-electron chi connectivity index (χ1n) is 5.45. The molecule has 0 aliphatic rings. The number of Topliss-reactive ketones (excluding diaryl/α,β-unsaturated/α-hetero) is 1. The molecule has 0 fully saturated rings. The van der Waals surface area contributed by atoms with Crippen LogP contribution in [0.3, 0.4) is 0 Å². The number of benzene rings is 1. The Morgan fingerprint density at radius 1 is 1.39 bits per heavy atom. The molecule has 18 heavy (non-hydrogen) atoms. The highest BCUT2D eigenvalue weighted by atomic mass is 35.5. The minimum Gasteiger partial charge on any atom is -0.294 e. The molecule has 4 heteroatoms. The van der Waals surface area contributed by atoms with Crippen LogP contribution in [0.25, 0.3) is 0 Å². The van der Waals surface area contributed by atoms with Crippen molar-refractivity contribution in [3.63, 3.8) is 0 Å². The Labute approximate surface area is 109 Å². The van der Waals surface area contributed by atoms with E-state index in [9.17, 15) is 9.18 Å². The molecule has 92 valence electrons. The first kappa shape index (κ1) is 12.7. The van der Waals surface area contributed by atoms with E-state index in [1.54, 1.807) is 24.5 Å². The van der Waals surface area contributed by atoms with Crippen LogP contribution in [0.4, 0.5) is 4.39 Å². The molecule has 0 saturated carbocycles.